The summed E-state index contributed by atoms with van der Waals surface area (Å²) in [7, 11) is 0. The third kappa shape index (κ3) is 3.69. The van der Waals surface area contributed by atoms with Crippen molar-refractivity contribution >= 4 is 33.4 Å². The summed E-state index contributed by atoms with van der Waals surface area (Å²) < 4.78 is 13.9. The van der Waals surface area contributed by atoms with E-state index < -0.39 is 5.82 Å². The van der Waals surface area contributed by atoms with Gasteiger partial charge in [-0.15, -0.1) is 11.6 Å². The summed E-state index contributed by atoms with van der Waals surface area (Å²) in [4.78, 5) is 14.1. The molecule has 0 N–H and O–H groups in total. The average Bonchev–Trinajstić information content (AvgIpc) is 2.37. The van der Waals surface area contributed by atoms with Crippen LogP contribution in [-0.4, -0.2) is 29.3 Å². The molecule has 1 amide bonds. The van der Waals surface area contributed by atoms with Crippen molar-refractivity contribution in [2.45, 2.75) is 25.1 Å². The number of piperidine rings is 1. The summed E-state index contributed by atoms with van der Waals surface area (Å²) in [5, 5.41) is 0.139. The zero-order valence-corrected chi connectivity index (χ0v) is 13.0. The third-order valence-electron chi connectivity index (χ3n) is 3.59. The minimum atomic E-state index is -0.401. The average molecular weight is 349 g/mol. The van der Waals surface area contributed by atoms with Crippen molar-refractivity contribution in [3.63, 3.8) is 0 Å². The van der Waals surface area contributed by atoms with Crippen LogP contribution in [0.1, 0.15) is 30.1 Å². The summed E-state index contributed by atoms with van der Waals surface area (Å²) in [6.07, 6.45) is 1.82. The third-order valence-corrected chi connectivity index (χ3v) is 4.40. The topological polar surface area (TPSA) is 20.3 Å². The maximum absolute atomic E-state index is 13.3. The van der Waals surface area contributed by atoms with Gasteiger partial charge >= 0.3 is 0 Å². The molecular formula is C14H16BrClFNO. The van der Waals surface area contributed by atoms with Gasteiger partial charge in [0.25, 0.3) is 5.91 Å². The maximum atomic E-state index is 13.3. The second-order valence-corrected chi connectivity index (χ2v) is 6.57. The Kier molecular flexibility index (Phi) is 4.85. The highest BCUT2D eigenvalue weighted by Gasteiger charge is 2.26. The zero-order valence-electron chi connectivity index (χ0n) is 10.7. The molecule has 1 aliphatic heterocycles. The lowest BCUT2D eigenvalue weighted by Crippen LogP contribution is -2.40. The summed E-state index contributed by atoms with van der Waals surface area (Å²) in [5.74, 6) is -0.0483. The first-order chi connectivity index (χ1) is 8.97. The van der Waals surface area contributed by atoms with Gasteiger partial charge in [0.05, 0.1) is 0 Å². The standard InChI is InChI=1S/C14H16BrClFNO/c1-9(16)10-2-4-18(5-3-10)14(19)11-6-12(15)8-13(17)7-11/h6-10H,2-5H2,1H3. The molecular weight excluding hydrogens is 333 g/mol. The lowest BCUT2D eigenvalue weighted by Gasteiger charge is -2.33. The molecule has 19 heavy (non-hydrogen) atoms. The minimum absolute atomic E-state index is 0.110. The number of hydrogen-bond acceptors (Lipinski definition) is 1. The van der Waals surface area contributed by atoms with E-state index in [4.69, 9.17) is 11.6 Å². The van der Waals surface area contributed by atoms with Crippen molar-refractivity contribution < 1.29 is 9.18 Å². The SMILES string of the molecule is CC(Cl)C1CCN(C(=O)c2cc(F)cc(Br)c2)CC1. The lowest BCUT2D eigenvalue weighted by molar-refractivity contribution is 0.0689. The molecule has 1 unspecified atom stereocenters. The van der Waals surface area contributed by atoms with Gasteiger partial charge in [-0.1, -0.05) is 15.9 Å². The molecule has 1 fully saturated rings. The Labute approximate surface area is 126 Å². The number of rotatable bonds is 2. The van der Waals surface area contributed by atoms with E-state index in [0.29, 0.717) is 29.0 Å². The van der Waals surface area contributed by atoms with Gasteiger partial charge in [0.15, 0.2) is 0 Å². The van der Waals surface area contributed by atoms with Gasteiger partial charge in [0.1, 0.15) is 5.82 Å². The van der Waals surface area contributed by atoms with Crippen LogP contribution in [0.2, 0.25) is 0 Å². The number of benzene rings is 1. The second kappa shape index (κ2) is 6.23. The van der Waals surface area contributed by atoms with Crippen molar-refractivity contribution in [2.75, 3.05) is 13.1 Å². The number of alkyl halides is 1. The number of nitrogens with zero attached hydrogens (tertiary/aromatic N) is 1. The highest BCUT2D eigenvalue weighted by atomic mass is 79.9. The van der Waals surface area contributed by atoms with Crippen molar-refractivity contribution in [1.29, 1.82) is 0 Å². The number of carbonyl (C=O) groups excluding carboxylic acids is 1. The van der Waals surface area contributed by atoms with Crippen LogP contribution in [0.15, 0.2) is 22.7 Å². The monoisotopic (exact) mass is 347 g/mol. The van der Waals surface area contributed by atoms with Gasteiger partial charge in [-0.3, -0.25) is 4.79 Å². The number of carbonyl (C=O) groups is 1. The summed E-state index contributed by atoms with van der Waals surface area (Å²) in [5.41, 5.74) is 0.393. The van der Waals surface area contributed by atoms with Gasteiger partial charge in [0.2, 0.25) is 0 Å². The van der Waals surface area contributed by atoms with E-state index in [1.807, 2.05) is 6.92 Å². The number of likely N-dealkylation sites (tertiary alicyclic amines) is 1. The highest BCUT2D eigenvalue weighted by molar-refractivity contribution is 9.10. The normalized spacial score (nSPS) is 18.4. The zero-order chi connectivity index (χ0) is 14.0. The van der Waals surface area contributed by atoms with Crippen LogP contribution in [0.4, 0.5) is 4.39 Å². The molecule has 0 bridgehead atoms. The van der Waals surface area contributed by atoms with Gasteiger partial charge in [-0.2, -0.15) is 0 Å². The summed E-state index contributed by atoms with van der Waals surface area (Å²) in [6, 6.07) is 4.28. The van der Waals surface area contributed by atoms with Gasteiger partial charge in [-0.25, -0.2) is 4.39 Å². The van der Waals surface area contributed by atoms with Crippen LogP contribution in [0, 0.1) is 11.7 Å². The second-order valence-electron chi connectivity index (χ2n) is 4.97. The van der Waals surface area contributed by atoms with E-state index >= 15 is 0 Å². The molecule has 1 atom stereocenters. The Balaban J connectivity index is 2.05. The lowest BCUT2D eigenvalue weighted by atomic mass is 9.93. The predicted molar refractivity (Wildman–Crippen MR) is 78.0 cm³/mol. The van der Waals surface area contributed by atoms with E-state index in [0.717, 1.165) is 12.8 Å². The fourth-order valence-corrected chi connectivity index (χ4v) is 3.14. The molecule has 2 rings (SSSR count). The molecule has 1 heterocycles. The molecule has 1 saturated heterocycles. The summed E-state index contributed by atoms with van der Waals surface area (Å²) in [6.45, 7) is 3.37. The van der Waals surface area contributed by atoms with E-state index in [1.165, 1.54) is 12.1 Å². The Morgan fingerprint density at radius 2 is 2.05 bits per heavy atom. The number of amides is 1. The Bertz CT molecular complexity index is 452. The van der Waals surface area contributed by atoms with Crippen LogP contribution >= 0.6 is 27.5 Å². The van der Waals surface area contributed by atoms with Gasteiger partial charge in [0, 0.05) is 28.5 Å². The van der Waals surface area contributed by atoms with Crippen LogP contribution in [0.5, 0.6) is 0 Å². The predicted octanol–water partition coefficient (Wildman–Crippen LogP) is 4.07. The first-order valence-electron chi connectivity index (χ1n) is 6.37. The smallest absolute Gasteiger partial charge is 0.253 e. The van der Waals surface area contributed by atoms with E-state index in [1.54, 1.807) is 11.0 Å². The Morgan fingerprint density at radius 1 is 1.42 bits per heavy atom. The van der Waals surface area contributed by atoms with E-state index in [-0.39, 0.29) is 11.3 Å². The van der Waals surface area contributed by atoms with Crippen LogP contribution in [-0.2, 0) is 0 Å². The molecule has 104 valence electrons. The van der Waals surface area contributed by atoms with Crippen molar-refractivity contribution in [1.82, 2.24) is 4.90 Å². The largest absolute Gasteiger partial charge is 0.339 e. The summed E-state index contributed by atoms with van der Waals surface area (Å²) >= 11 is 9.29. The molecule has 1 aliphatic rings. The highest BCUT2D eigenvalue weighted by Crippen LogP contribution is 2.25. The molecule has 0 aromatic heterocycles. The molecule has 5 heteroatoms. The fourth-order valence-electron chi connectivity index (χ4n) is 2.42. The minimum Gasteiger partial charge on any atom is -0.339 e. The number of hydrogen-bond donors (Lipinski definition) is 0. The molecule has 0 radical (unpaired) electrons. The van der Waals surface area contributed by atoms with Crippen LogP contribution < -0.4 is 0 Å². The van der Waals surface area contributed by atoms with Gasteiger partial charge in [-0.05, 0) is 43.9 Å². The van der Waals surface area contributed by atoms with Crippen molar-refractivity contribution in [3.8, 4) is 0 Å². The van der Waals surface area contributed by atoms with Gasteiger partial charge < -0.3 is 4.90 Å². The number of halogens is 3. The molecule has 0 aliphatic carbocycles. The van der Waals surface area contributed by atoms with E-state index in [2.05, 4.69) is 15.9 Å². The van der Waals surface area contributed by atoms with Crippen molar-refractivity contribution in [3.05, 3.63) is 34.1 Å². The van der Waals surface area contributed by atoms with E-state index in [9.17, 15) is 9.18 Å². The Hall–Kier alpha value is -0.610. The van der Waals surface area contributed by atoms with Crippen molar-refractivity contribution in [2.24, 2.45) is 5.92 Å². The molecule has 1 aromatic rings. The molecule has 2 nitrogen and oxygen atoms in total. The fraction of sp³-hybridized carbons (Fsp3) is 0.500. The Morgan fingerprint density at radius 3 is 2.58 bits per heavy atom. The molecule has 0 saturated carbocycles. The first-order valence-corrected chi connectivity index (χ1v) is 7.60. The molecule has 0 spiro atoms. The maximum Gasteiger partial charge on any atom is 0.253 e. The van der Waals surface area contributed by atoms with Crippen LogP contribution in [0.3, 0.4) is 0 Å². The molecule has 1 aromatic carbocycles. The quantitative estimate of drug-likeness (QED) is 0.738. The first kappa shape index (κ1) is 14.8. The van der Waals surface area contributed by atoms with Crippen LogP contribution in [0.25, 0.3) is 0 Å².